The van der Waals surface area contributed by atoms with Crippen LogP contribution in [0.5, 0.6) is 0 Å². The number of rotatable bonds is 5. The zero-order valence-corrected chi connectivity index (χ0v) is 14.6. The summed E-state index contributed by atoms with van der Waals surface area (Å²) in [5.41, 5.74) is 3.62. The normalized spacial score (nSPS) is 14.8. The van der Waals surface area contributed by atoms with Crippen LogP contribution < -0.4 is 10.9 Å². The van der Waals surface area contributed by atoms with Crippen LogP contribution in [0.3, 0.4) is 0 Å². The Bertz CT molecular complexity index is 809. The summed E-state index contributed by atoms with van der Waals surface area (Å²) in [6.07, 6.45) is 1.69. The van der Waals surface area contributed by atoms with Crippen molar-refractivity contribution in [3.63, 3.8) is 0 Å². The lowest BCUT2D eigenvalue weighted by Gasteiger charge is -2.33. The van der Waals surface area contributed by atoms with Crippen LogP contribution >= 0.6 is 0 Å². The molecule has 3 rings (SSSR count). The smallest absolute Gasteiger partial charge is 0.259 e. The summed E-state index contributed by atoms with van der Waals surface area (Å²) in [5.74, 6) is 0.544. The molecule has 2 aromatic rings. The van der Waals surface area contributed by atoms with Crippen LogP contribution in [0.25, 0.3) is 11.3 Å². The van der Waals surface area contributed by atoms with Gasteiger partial charge in [0.25, 0.3) is 5.56 Å². The summed E-state index contributed by atoms with van der Waals surface area (Å²) in [4.78, 5) is 18.0. The molecule has 0 aliphatic heterocycles. The van der Waals surface area contributed by atoms with Gasteiger partial charge in [-0.3, -0.25) is 9.36 Å². The molecular formula is C19H25N3O2. The fourth-order valence-electron chi connectivity index (χ4n) is 3.56. The first kappa shape index (κ1) is 16.7. The van der Waals surface area contributed by atoms with Crippen molar-refractivity contribution in [1.29, 1.82) is 0 Å². The number of aromatic nitrogens is 2. The van der Waals surface area contributed by atoms with Gasteiger partial charge in [-0.2, -0.15) is 0 Å². The minimum Gasteiger partial charge on any atom is -0.395 e. The monoisotopic (exact) mass is 327 g/mol. The maximum atomic E-state index is 13.2. The summed E-state index contributed by atoms with van der Waals surface area (Å²) in [5, 5.41) is 12.2. The third-order valence-corrected chi connectivity index (χ3v) is 4.59. The molecule has 0 spiro atoms. The van der Waals surface area contributed by atoms with Gasteiger partial charge in [-0.1, -0.05) is 45.0 Å². The molecule has 5 heteroatoms. The molecule has 1 heterocycles. The van der Waals surface area contributed by atoms with E-state index in [2.05, 4.69) is 25.2 Å². The molecule has 0 atom stereocenters. The fraction of sp³-hybridized carbons (Fsp3) is 0.474. The zero-order valence-electron chi connectivity index (χ0n) is 14.6. The lowest BCUT2D eigenvalue weighted by Crippen LogP contribution is -2.38. The number of hydrogen-bond acceptors (Lipinski definition) is 4. The standard InChI is InChI=1S/C19H25N3O2/c1-4-10-22-17(24)15-16(21-18(22)20-9-11-23)14-8-6-5-7-13(14)12-19(15,2)3/h5-8,23H,4,9-12H2,1-3H3,(H,20,21). The van der Waals surface area contributed by atoms with Crippen LogP contribution in [-0.4, -0.2) is 27.8 Å². The number of aliphatic hydroxyl groups excluding tert-OH is 1. The minimum atomic E-state index is -0.251. The first-order valence-electron chi connectivity index (χ1n) is 8.58. The molecule has 2 N–H and O–H groups in total. The molecule has 24 heavy (non-hydrogen) atoms. The van der Waals surface area contributed by atoms with E-state index in [1.54, 1.807) is 4.57 Å². The third-order valence-electron chi connectivity index (χ3n) is 4.59. The number of aliphatic hydroxyl groups is 1. The number of hydrogen-bond donors (Lipinski definition) is 2. The SMILES string of the molecule is CCCn1c(NCCO)nc2c(c1=O)C(C)(C)Cc1ccccc1-2. The summed E-state index contributed by atoms with van der Waals surface area (Å²) < 4.78 is 1.71. The molecule has 1 aliphatic rings. The minimum absolute atomic E-state index is 0.00115. The first-order chi connectivity index (χ1) is 11.5. The molecule has 0 bridgehead atoms. The van der Waals surface area contributed by atoms with Crippen molar-refractivity contribution in [2.45, 2.75) is 45.6 Å². The van der Waals surface area contributed by atoms with Gasteiger partial charge in [0.05, 0.1) is 12.3 Å². The van der Waals surface area contributed by atoms with Crippen LogP contribution in [0.2, 0.25) is 0 Å². The number of benzene rings is 1. The molecule has 5 nitrogen and oxygen atoms in total. The van der Waals surface area contributed by atoms with E-state index in [1.165, 1.54) is 5.56 Å². The number of nitrogens with zero attached hydrogens (tertiary/aromatic N) is 2. The molecule has 1 aromatic heterocycles. The molecule has 0 radical (unpaired) electrons. The Morgan fingerprint density at radius 2 is 2.08 bits per heavy atom. The molecule has 0 amide bonds. The van der Waals surface area contributed by atoms with Crippen molar-refractivity contribution in [2.24, 2.45) is 0 Å². The molecule has 1 aromatic carbocycles. The van der Waals surface area contributed by atoms with Crippen LogP contribution in [0.15, 0.2) is 29.1 Å². The van der Waals surface area contributed by atoms with Crippen molar-refractivity contribution in [3.8, 4) is 11.3 Å². The molecule has 0 unspecified atom stereocenters. The van der Waals surface area contributed by atoms with Gasteiger partial charge in [-0.25, -0.2) is 4.98 Å². The van der Waals surface area contributed by atoms with E-state index in [0.717, 1.165) is 29.7 Å². The van der Waals surface area contributed by atoms with Crippen LogP contribution in [-0.2, 0) is 18.4 Å². The van der Waals surface area contributed by atoms with E-state index in [9.17, 15) is 4.79 Å². The van der Waals surface area contributed by atoms with E-state index < -0.39 is 0 Å². The average Bonchev–Trinajstić information content (AvgIpc) is 2.54. The predicted molar refractivity (Wildman–Crippen MR) is 96.5 cm³/mol. The Kier molecular flexibility index (Phi) is 4.45. The van der Waals surface area contributed by atoms with Gasteiger partial charge in [0.15, 0.2) is 0 Å². The van der Waals surface area contributed by atoms with Crippen molar-refractivity contribution >= 4 is 5.95 Å². The average molecular weight is 327 g/mol. The highest BCUT2D eigenvalue weighted by atomic mass is 16.3. The summed E-state index contributed by atoms with van der Waals surface area (Å²) in [7, 11) is 0. The molecule has 1 aliphatic carbocycles. The predicted octanol–water partition coefficient (Wildman–Crippen LogP) is 2.56. The quantitative estimate of drug-likeness (QED) is 0.886. The number of nitrogens with one attached hydrogen (secondary N) is 1. The van der Waals surface area contributed by atoms with Crippen LogP contribution in [0.4, 0.5) is 5.95 Å². The summed E-state index contributed by atoms with van der Waals surface area (Å²) >= 11 is 0. The lowest BCUT2D eigenvalue weighted by molar-refractivity contribution is 0.310. The Balaban J connectivity index is 2.29. The number of fused-ring (bicyclic) bond motifs is 3. The van der Waals surface area contributed by atoms with Gasteiger partial charge in [0, 0.05) is 29.6 Å². The lowest BCUT2D eigenvalue weighted by atomic mass is 9.72. The highest BCUT2D eigenvalue weighted by Gasteiger charge is 2.35. The molecule has 0 saturated heterocycles. The van der Waals surface area contributed by atoms with Crippen molar-refractivity contribution in [3.05, 3.63) is 45.7 Å². The second-order valence-electron chi connectivity index (χ2n) is 6.98. The summed E-state index contributed by atoms with van der Waals surface area (Å²) in [6, 6.07) is 8.17. The van der Waals surface area contributed by atoms with E-state index in [1.807, 2.05) is 25.1 Å². The Hall–Kier alpha value is -2.14. The van der Waals surface area contributed by atoms with E-state index in [0.29, 0.717) is 19.0 Å². The second kappa shape index (κ2) is 6.40. The Morgan fingerprint density at radius 1 is 1.33 bits per heavy atom. The van der Waals surface area contributed by atoms with Crippen LogP contribution in [0, 0.1) is 0 Å². The molecular weight excluding hydrogens is 302 g/mol. The topological polar surface area (TPSA) is 67.2 Å². The van der Waals surface area contributed by atoms with Gasteiger partial charge < -0.3 is 10.4 Å². The van der Waals surface area contributed by atoms with Crippen molar-refractivity contribution in [1.82, 2.24) is 9.55 Å². The highest BCUT2D eigenvalue weighted by molar-refractivity contribution is 5.72. The van der Waals surface area contributed by atoms with Gasteiger partial charge in [-0.15, -0.1) is 0 Å². The maximum Gasteiger partial charge on any atom is 0.259 e. The van der Waals surface area contributed by atoms with Crippen molar-refractivity contribution in [2.75, 3.05) is 18.5 Å². The first-order valence-corrected chi connectivity index (χ1v) is 8.58. The maximum absolute atomic E-state index is 13.2. The Morgan fingerprint density at radius 3 is 2.79 bits per heavy atom. The van der Waals surface area contributed by atoms with Gasteiger partial charge in [0.2, 0.25) is 5.95 Å². The van der Waals surface area contributed by atoms with Crippen molar-refractivity contribution < 1.29 is 5.11 Å². The second-order valence-corrected chi connectivity index (χ2v) is 6.98. The number of anilines is 1. The fourth-order valence-corrected chi connectivity index (χ4v) is 3.56. The third kappa shape index (κ3) is 2.73. The summed E-state index contributed by atoms with van der Waals surface area (Å²) in [6.45, 7) is 7.26. The van der Waals surface area contributed by atoms with Gasteiger partial charge in [0.1, 0.15) is 0 Å². The van der Waals surface area contributed by atoms with E-state index in [4.69, 9.17) is 10.1 Å². The van der Waals surface area contributed by atoms with Crippen LogP contribution in [0.1, 0.15) is 38.3 Å². The molecule has 128 valence electrons. The largest absolute Gasteiger partial charge is 0.395 e. The zero-order chi connectivity index (χ0) is 17.3. The Labute approximate surface area is 142 Å². The molecule has 0 fully saturated rings. The molecule has 0 saturated carbocycles. The van der Waals surface area contributed by atoms with Gasteiger partial charge >= 0.3 is 0 Å². The van der Waals surface area contributed by atoms with E-state index >= 15 is 0 Å². The van der Waals surface area contributed by atoms with Gasteiger partial charge in [-0.05, 0) is 18.4 Å². The highest BCUT2D eigenvalue weighted by Crippen LogP contribution is 2.40. The van der Waals surface area contributed by atoms with E-state index in [-0.39, 0.29) is 17.6 Å².